The van der Waals surface area contributed by atoms with Crippen LogP contribution in [0, 0.1) is 0 Å². The number of halogens is 1. The minimum atomic E-state index is -1.12. The number of urea groups is 1. The summed E-state index contributed by atoms with van der Waals surface area (Å²) in [5.41, 5.74) is 7.14. The van der Waals surface area contributed by atoms with E-state index in [1.54, 1.807) is 31.3 Å². The van der Waals surface area contributed by atoms with Crippen LogP contribution in [-0.4, -0.2) is 54.4 Å². The van der Waals surface area contributed by atoms with Gasteiger partial charge in [-0.25, -0.2) is 9.59 Å². The summed E-state index contributed by atoms with van der Waals surface area (Å²) < 4.78 is 19.8. The number of allylic oxidation sites excluding steroid dienone is 1. The number of fused-ring (bicyclic) bond motifs is 1. The van der Waals surface area contributed by atoms with Crippen molar-refractivity contribution in [2.45, 2.75) is 32.7 Å². The molecule has 12 heteroatoms. The summed E-state index contributed by atoms with van der Waals surface area (Å²) >= 11 is 3.48. The van der Waals surface area contributed by atoms with Crippen LogP contribution in [-0.2, 0) is 16.1 Å². The molecular weight excluding hydrogens is 642 g/mol. The summed E-state index contributed by atoms with van der Waals surface area (Å²) in [6.45, 7) is 4.39. The van der Waals surface area contributed by atoms with Gasteiger partial charge in [-0.15, -0.1) is 0 Å². The molecule has 4 aromatic rings. The van der Waals surface area contributed by atoms with Crippen molar-refractivity contribution < 1.29 is 28.9 Å². The highest BCUT2D eigenvalue weighted by Gasteiger charge is 2.32. The van der Waals surface area contributed by atoms with Crippen LogP contribution in [0.25, 0.3) is 10.9 Å². The van der Waals surface area contributed by atoms with Gasteiger partial charge in [0.15, 0.2) is 17.7 Å². The largest absolute Gasteiger partial charge is 0.490 e. The molecule has 0 fully saturated rings. The number of hydrazone groups is 1. The number of nitrogens with one attached hydrogen (secondary N) is 3. The predicted molar refractivity (Wildman–Crippen MR) is 174 cm³/mol. The van der Waals surface area contributed by atoms with Crippen LogP contribution in [0.5, 0.6) is 11.5 Å². The number of hydrogen-bond donors (Lipinski definition) is 4. The van der Waals surface area contributed by atoms with Gasteiger partial charge in [0.05, 0.1) is 31.5 Å². The second-order valence-electron chi connectivity index (χ2n) is 10.3. The van der Waals surface area contributed by atoms with Crippen LogP contribution in [0.2, 0.25) is 0 Å². The lowest BCUT2D eigenvalue weighted by atomic mass is 9.95. The van der Waals surface area contributed by atoms with E-state index in [-0.39, 0.29) is 12.2 Å². The van der Waals surface area contributed by atoms with Crippen LogP contribution in [0.1, 0.15) is 36.6 Å². The Hall–Kier alpha value is -4.81. The third-order valence-electron chi connectivity index (χ3n) is 7.18. The number of carbonyl (C=O) groups is 2. The minimum absolute atomic E-state index is 0.126. The molecule has 0 bridgehead atoms. The van der Waals surface area contributed by atoms with Gasteiger partial charge in [-0.1, -0.05) is 52.3 Å². The third kappa shape index (κ3) is 7.47. The number of aliphatic hydroxyl groups is 1. The Morgan fingerprint density at radius 2 is 1.91 bits per heavy atom. The maximum Gasteiger partial charge on any atom is 0.337 e. The number of para-hydroxylation sites is 1. The lowest BCUT2D eigenvalue weighted by molar-refractivity contribution is -0.136. The average molecular weight is 677 g/mol. The maximum atomic E-state index is 12.5. The number of methoxy groups -OCH3 is 1. The Morgan fingerprint density at radius 3 is 2.67 bits per heavy atom. The molecule has 0 saturated carbocycles. The summed E-state index contributed by atoms with van der Waals surface area (Å²) in [7, 11) is 1.28. The number of rotatable bonds is 12. The van der Waals surface area contributed by atoms with Gasteiger partial charge in [-0.05, 0) is 55.3 Å². The number of aromatic nitrogens is 1. The second kappa shape index (κ2) is 14.3. The van der Waals surface area contributed by atoms with Gasteiger partial charge in [-0.2, -0.15) is 5.10 Å². The molecule has 45 heavy (non-hydrogen) atoms. The van der Waals surface area contributed by atoms with Crippen molar-refractivity contribution in [1.82, 2.24) is 20.6 Å². The molecule has 0 radical (unpaired) electrons. The molecule has 0 unspecified atom stereocenters. The van der Waals surface area contributed by atoms with Crippen molar-refractivity contribution in [3.8, 4) is 11.5 Å². The van der Waals surface area contributed by atoms with E-state index < -0.39 is 24.3 Å². The highest BCUT2D eigenvalue weighted by molar-refractivity contribution is 9.10. The smallest absolute Gasteiger partial charge is 0.337 e. The number of aliphatic hydroxyl groups excluding tert-OH is 1. The maximum absolute atomic E-state index is 12.5. The van der Waals surface area contributed by atoms with Crippen LogP contribution >= 0.6 is 15.9 Å². The van der Waals surface area contributed by atoms with Crippen LogP contribution in [0.15, 0.2) is 93.8 Å². The normalized spacial score (nSPS) is 15.5. The standard InChI is InChI=1S/C33H34BrN5O6/c1-4-44-28-15-22(31-30(32(41)43-3)20(2)36-33(42)37-31)11-14-27(28)45-19-29(40)38-35-16-23-18-39(26-8-6-5-7-25(23)26)17-21-9-12-24(34)13-10-21/h5-16,18,29,31,38,40H,4,17,19H2,1-3H3,(H2,36,37,42)/b35-16+/t29-,31-/m0/s1. The van der Waals surface area contributed by atoms with Crippen LogP contribution in [0.4, 0.5) is 4.79 Å². The van der Waals surface area contributed by atoms with Gasteiger partial charge < -0.3 is 34.5 Å². The van der Waals surface area contributed by atoms with Crippen LogP contribution < -0.4 is 25.5 Å². The zero-order valence-corrected chi connectivity index (χ0v) is 26.6. The lowest BCUT2D eigenvalue weighted by Gasteiger charge is -2.28. The molecule has 0 saturated heterocycles. The molecule has 0 spiro atoms. The second-order valence-corrected chi connectivity index (χ2v) is 11.2. The third-order valence-corrected chi connectivity index (χ3v) is 7.71. The van der Waals surface area contributed by atoms with E-state index in [4.69, 9.17) is 14.2 Å². The van der Waals surface area contributed by atoms with E-state index in [9.17, 15) is 14.7 Å². The number of esters is 1. The van der Waals surface area contributed by atoms with Gasteiger partial charge in [0.2, 0.25) is 0 Å². The van der Waals surface area contributed by atoms with E-state index in [0.29, 0.717) is 35.9 Å². The fraction of sp³-hybridized carbons (Fsp3) is 0.242. The van der Waals surface area contributed by atoms with Gasteiger partial charge in [0.1, 0.15) is 6.61 Å². The van der Waals surface area contributed by atoms with Gasteiger partial charge in [0, 0.05) is 39.4 Å². The monoisotopic (exact) mass is 675 g/mol. The molecule has 2 heterocycles. The Balaban J connectivity index is 1.25. The zero-order valence-electron chi connectivity index (χ0n) is 25.0. The predicted octanol–water partition coefficient (Wildman–Crippen LogP) is 4.97. The molecule has 5 rings (SSSR count). The van der Waals surface area contributed by atoms with E-state index in [2.05, 4.69) is 59.9 Å². The fourth-order valence-electron chi connectivity index (χ4n) is 5.11. The Kier molecular flexibility index (Phi) is 10.1. The number of carbonyl (C=O) groups excluding carboxylic acids is 2. The summed E-state index contributed by atoms with van der Waals surface area (Å²) in [6, 6.07) is 20.2. The zero-order chi connectivity index (χ0) is 31.9. The number of ether oxygens (including phenoxy) is 3. The van der Waals surface area contributed by atoms with Crippen molar-refractivity contribution in [3.63, 3.8) is 0 Å². The summed E-state index contributed by atoms with van der Waals surface area (Å²) in [6.07, 6.45) is 2.59. The van der Waals surface area contributed by atoms with Gasteiger partial charge >= 0.3 is 12.0 Å². The molecular formula is C33H34BrN5O6. The highest BCUT2D eigenvalue weighted by Crippen LogP contribution is 2.35. The minimum Gasteiger partial charge on any atom is -0.490 e. The molecule has 0 aliphatic carbocycles. The summed E-state index contributed by atoms with van der Waals surface area (Å²) in [5.74, 6) is 0.202. The first-order valence-electron chi connectivity index (χ1n) is 14.3. The first-order valence-corrected chi connectivity index (χ1v) is 15.1. The first kappa shape index (κ1) is 31.6. The molecule has 1 aliphatic rings. The number of benzene rings is 3. The molecule has 2 atom stereocenters. The van der Waals surface area contributed by atoms with Crippen molar-refractivity contribution in [3.05, 3.63) is 105 Å². The summed E-state index contributed by atoms with van der Waals surface area (Å²) in [4.78, 5) is 24.7. The topological polar surface area (TPSA) is 135 Å². The molecule has 1 aliphatic heterocycles. The molecule has 1 aromatic heterocycles. The fourth-order valence-corrected chi connectivity index (χ4v) is 5.37. The van der Waals surface area contributed by atoms with Crippen molar-refractivity contribution in [2.24, 2.45) is 5.10 Å². The van der Waals surface area contributed by atoms with Crippen molar-refractivity contribution in [2.75, 3.05) is 20.3 Å². The lowest BCUT2D eigenvalue weighted by Crippen LogP contribution is -2.45. The number of amides is 2. The van der Waals surface area contributed by atoms with E-state index in [1.165, 1.54) is 12.7 Å². The van der Waals surface area contributed by atoms with Crippen molar-refractivity contribution >= 4 is 45.0 Å². The Bertz CT molecular complexity index is 1750. The first-order chi connectivity index (χ1) is 21.8. The van der Waals surface area contributed by atoms with Crippen molar-refractivity contribution in [1.29, 1.82) is 0 Å². The average Bonchev–Trinajstić information content (AvgIpc) is 3.37. The molecule has 11 nitrogen and oxygen atoms in total. The number of hydrogen-bond acceptors (Lipinski definition) is 8. The molecule has 234 valence electrons. The molecule has 2 amide bonds. The van der Waals surface area contributed by atoms with Gasteiger partial charge in [0.25, 0.3) is 0 Å². The van der Waals surface area contributed by atoms with Gasteiger partial charge in [-0.3, -0.25) is 5.43 Å². The quantitative estimate of drug-likeness (QED) is 0.0721. The Labute approximate surface area is 269 Å². The summed E-state index contributed by atoms with van der Waals surface area (Å²) in [5, 5.41) is 21.2. The SMILES string of the molecule is CCOc1cc([C@@H]2NC(=O)NC(C)=C2C(=O)OC)ccc1OC[C@H](O)N/N=C/c1cn(Cc2ccc(Br)cc2)c2ccccc12. The molecule has 4 N–H and O–H groups in total. The molecule has 3 aromatic carbocycles. The van der Waals surface area contributed by atoms with E-state index in [0.717, 1.165) is 20.9 Å². The van der Waals surface area contributed by atoms with Crippen LogP contribution in [0.3, 0.4) is 0 Å². The van der Waals surface area contributed by atoms with E-state index >= 15 is 0 Å². The Morgan fingerprint density at radius 1 is 1.13 bits per heavy atom. The highest BCUT2D eigenvalue weighted by atomic mass is 79.9. The number of nitrogens with zero attached hydrogens (tertiary/aromatic N) is 2. The van der Waals surface area contributed by atoms with E-state index in [1.807, 2.05) is 43.5 Å².